The van der Waals surface area contributed by atoms with Crippen LogP contribution in [-0.4, -0.2) is 27.9 Å². The van der Waals surface area contributed by atoms with Gasteiger partial charge in [-0.1, -0.05) is 0 Å². The van der Waals surface area contributed by atoms with Crippen molar-refractivity contribution in [2.45, 2.75) is 31.4 Å². The zero-order valence-electron chi connectivity index (χ0n) is 14.9. The molecule has 0 aliphatic carbocycles. The van der Waals surface area contributed by atoms with Gasteiger partial charge in [-0.3, -0.25) is 9.11 Å². The molecule has 0 spiro atoms. The molecular weight excluding hydrogens is 358 g/mol. The number of hydrogen-bond acceptors (Lipinski definition) is 4. The van der Waals surface area contributed by atoms with Gasteiger partial charge >= 0.3 is 0 Å². The van der Waals surface area contributed by atoms with Gasteiger partial charge in [0.05, 0.1) is 16.6 Å². The lowest BCUT2D eigenvalue weighted by Crippen LogP contribution is -2.38. The van der Waals surface area contributed by atoms with Crippen molar-refractivity contribution in [1.29, 1.82) is 0 Å². The van der Waals surface area contributed by atoms with E-state index in [1.165, 1.54) is 28.6 Å². The highest BCUT2D eigenvalue weighted by molar-refractivity contribution is 8.26. The molecule has 4 nitrogen and oxygen atoms in total. The molecule has 0 amide bonds. The van der Waals surface area contributed by atoms with Crippen LogP contribution >= 0.6 is 10.8 Å². The minimum absolute atomic E-state index is 0.355. The summed E-state index contributed by atoms with van der Waals surface area (Å²) in [6.07, 6.45) is 1.77. The van der Waals surface area contributed by atoms with E-state index in [-0.39, 0.29) is 11.6 Å². The van der Waals surface area contributed by atoms with Gasteiger partial charge in [0.25, 0.3) is 0 Å². The highest BCUT2D eigenvalue weighted by Crippen LogP contribution is 2.61. The number of benzene rings is 2. The van der Waals surface area contributed by atoms with Crippen LogP contribution in [0.2, 0.25) is 0 Å². The van der Waals surface area contributed by atoms with Crippen LogP contribution in [0.15, 0.2) is 36.4 Å². The quantitative estimate of drug-likeness (QED) is 0.637. The van der Waals surface area contributed by atoms with Crippen molar-refractivity contribution in [2.24, 2.45) is 0 Å². The van der Waals surface area contributed by atoms with E-state index in [0.717, 1.165) is 18.5 Å². The normalized spacial score (nSPS) is 19.9. The fourth-order valence-corrected chi connectivity index (χ4v) is 5.60. The van der Waals surface area contributed by atoms with Crippen LogP contribution in [-0.2, 0) is 6.42 Å². The molecule has 1 heterocycles. The molecule has 2 aromatic carbocycles. The minimum atomic E-state index is -3.20. The van der Waals surface area contributed by atoms with Crippen LogP contribution in [0.5, 0.6) is 0 Å². The highest BCUT2D eigenvalue weighted by atomic mass is 32.3. The summed E-state index contributed by atoms with van der Waals surface area (Å²) in [4.78, 5) is 0. The third-order valence-corrected chi connectivity index (χ3v) is 6.98. The van der Waals surface area contributed by atoms with Gasteiger partial charge in [0.1, 0.15) is 11.6 Å². The van der Waals surface area contributed by atoms with Gasteiger partial charge < -0.3 is 5.32 Å². The lowest BCUT2D eigenvalue weighted by Gasteiger charge is -2.53. The molecule has 1 aliphatic rings. The standard InChI is InChI=1S/C19H24F2N2O2S/c1-13-10-15(20)5-7-18(13)23-19-8-6-16(21)11-14(19)12-17(26(23,24)25)4-3-9-22-2/h5-8,10-11,17,22,24-25H,3-4,9,12H2,1-2H3/t17-/m0/s1. The Hall–Kier alpha value is -1.67. The molecule has 0 aromatic heterocycles. The first-order valence-corrected chi connectivity index (χ1v) is 10.2. The van der Waals surface area contributed by atoms with Crippen LogP contribution in [0.1, 0.15) is 24.0 Å². The molecule has 2 aromatic rings. The van der Waals surface area contributed by atoms with Crippen molar-refractivity contribution in [2.75, 3.05) is 17.9 Å². The van der Waals surface area contributed by atoms with E-state index in [4.69, 9.17) is 0 Å². The molecule has 1 atom stereocenters. The summed E-state index contributed by atoms with van der Waals surface area (Å²) in [5, 5.41) is 2.63. The Morgan fingerprint density at radius 3 is 2.42 bits per heavy atom. The molecule has 1 aliphatic heterocycles. The van der Waals surface area contributed by atoms with E-state index in [0.29, 0.717) is 29.8 Å². The van der Waals surface area contributed by atoms with Gasteiger partial charge in [0.2, 0.25) is 0 Å². The number of nitrogens with one attached hydrogen (secondary N) is 1. The van der Waals surface area contributed by atoms with E-state index >= 15 is 0 Å². The van der Waals surface area contributed by atoms with Crippen LogP contribution in [0, 0.1) is 18.6 Å². The van der Waals surface area contributed by atoms with Crippen molar-refractivity contribution in [1.82, 2.24) is 5.32 Å². The lowest BCUT2D eigenvalue weighted by atomic mass is 10.0. The molecule has 3 N–H and O–H groups in total. The van der Waals surface area contributed by atoms with E-state index in [2.05, 4.69) is 5.32 Å². The number of fused-ring (bicyclic) bond motifs is 1. The fraction of sp³-hybridized carbons (Fsp3) is 0.368. The largest absolute Gasteiger partial charge is 0.320 e. The van der Waals surface area contributed by atoms with Gasteiger partial charge in [-0.2, -0.15) is 0 Å². The topological polar surface area (TPSA) is 55.7 Å². The maximum Gasteiger partial charge on any atom is 0.123 e. The Labute approximate surface area is 154 Å². The summed E-state index contributed by atoms with van der Waals surface area (Å²) in [6, 6.07) is 8.51. The maximum atomic E-state index is 13.8. The van der Waals surface area contributed by atoms with Crippen LogP contribution in [0.3, 0.4) is 0 Å². The molecule has 142 valence electrons. The molecule has 0 bridgehead atoms. The zero-order valence-corrected chi connectivity index (χ0v) is 15.7. The van der Waals surface area contributed by atoms with Crippen molar-refractivity contribution < 1.29 is 17.9 Å². The smallest absolute Gasteiger partial charge is 0.123 e. The number of anilines is 2. The van der Waals surface area contributed by atoms with Gasteiger partial charge in [-0.25, -0.2) is 13.1 Å². The average molecular weight is 382 g/mol. The monoisotopic (exact) mass is 382 g/mol. The second-order valence-electron chi connectivity index (χ2n) is 6.63. The van der Waals surface area contributed by atoms with E-state index < -0.39 is 16.0 Å². The fourth-order valence-electron chi connectivity index (χ4n) is 3.45. The first-order valence-electron chi connectivity index (χ1n) is 8.61. The summed E-state index contributed by atoms with van der Waals surface area (Å²) < 4.78 is 51.0. The molecule has 0 radical (unpaired) electrons. The first-order chi connectivity index (χ1) is 12.3. The van der Waals surface area contributed by atoms with Crippen molar-refractivity contribution in [3.05, 3.63) is 59.2 Å². The van der Waals surface area contributed by atoms with Crippen LogP contribution < -0.4 is 9.62 Å². The highest BCUT2D eigenvalue weighted by Gasteiger charge is 2.40. The Morgan fingerprint density at radius 1 is 1.12 bits per heavy atom. The van der Waals surface area contributed by atoms with E-state index in [1.807, 2.05) is 7.05 Å². The lowest BCUT2D eigenvalue weighted by molar-refractivity contribution is 0.454. The Kier molecular flexibility index (Phi) is 5.53. The summed E-state index contributed by atoms with van der Waals surface area (Å²) in [6.45, 7) is 2.49. The zero-order chi connectivity index (χ0) is 18.9. The molecule has 26 heavy (non-hydrogen) atoms. The second kappa shape index (κ2) is 7.52. The molecule has 0 saturated heterocycles. The van der Waals surface area contributed by atoms with E-state index in [1.54, 1.807) is 19.1 Å². The van der Waals surface area contributed by atoms with E-state index in [9.17, 15) is 17.9 Å². The van der Waals surface area contributed by atoms with Gasteiger partial charge in [-0.05, 0) is 87.3 Å². The molecular formula is C19H24F2N2O2S. The Bertz CT molecular complexity index is 801. The Balaban J connectivity index is 2.09. The SMILES string of the molecule is CNCCC[C@H]1Cc2cc(F)ccc2N(c2ccc(F)cc2C)S1(O)O. The Morgan fingerprint density at radius 2 is 1.77 bits per heavy atom. The summed E-state index contributed by atoms with van der Waals surface area (Å²) in [5.41, 5.74) is 2.41. The van der Waals surface area contributed by atoms with Crippen LogP contribution in [0.4, 0.5) is 20.2 Å². The van der Waals surface area contributed by atoms with Crippen molar-refractivity contribution in [3.63, 3.8) is 0 Å². The maximum absolute atomic E-state index is 13.8. The van der Waals surface area contributed by atoms with Gasteiger partial charge in [-0.15, -0.1) is 10.8 Å². The summed E-state index contributed by atoms with van der Waals surface area (Å²) >= 11 is 0. The molecule has 3 rings (SSSR count). The predicted molar refractivity (Wildman–Crippen MR) is 103 cm³/mol. The second-order valence-corrected chi connectivity index (χ2v) is 8.79. The number of aryl methyl sites for hydroxylation is 1. The first kappa shape index (κ1) is 19.1. The molecule has 0 saturated carbocycles. The van der Waals surface area contributed by atoms with Gasteiger partial charge in [0.15, 0.2) is 0 Å². The number of nitrogens with zero attached hydrogens (tertiary/aromatic N) is 1. The molecule has 0 fully saturated rings. The van der Waals surface area contributed by atoms with Crippen molar-refractivity contribution in [3.8, 4) is 0 Å². The predicted octanol–water partition coefficient (Wildman–Crippen LogP) is 5.00. The number of halogens is 2. The van der Waals surface area contributed by atoms with Crippen LogP contribution in [0.25, 0.3) is 0 Å². The minimum Gasteiger partial charge on any atom is -0.320 e. The number of hydrogen-bond donors (Lipinski definition) is 3. The summed E-state index contributed by atoms with van der Waals surface area (Å²) in [7, 11) is -1.35. The third kappa shape index (κ3) is 3.57. The van der Waals surface area contributed by atoms with Gasteiger partial charge in [0, 0.05) is 0 Å². The molecule has 7 heteroatoms. The third-order valence-electron chi connectivity index (χ3n) is 4.75. The average Bonchev–Trinajstić information content (AvgIpc) is 2.57. The summed E-state index contributed by atoms with van der Waals surface area (Å²) in [5.74, 6) is -0.739. The van der Waals surface area contributed by atoms with Crippen molar-refractivity contribution >= 4 is 22.2 Å². The number of rotatable bonds is 5. The molecule has 0 unspecified atom stereocenters.